The number of rotatable bonds is 5. The lowest BCUT2D eigenvalue weighted by Crippen LogP contribution is -2.35. The van der Waals surface area contributed by atoms with Crippen LogP contribution in [-0.2, 0) is 6.54 Å². The highest BCUT2D eigenvalue weighted by Gasteiger charge is 2.21. The van der Waals surface area contributed by atoms with E-state index in [0.717, 1.165) is 0 Å². The van der Waals surface area contributed by atoms with E-state index in [2.05, 4.69) is 20.4 Å². The minimum atomic E-state index is -0.138. The highest BCUT2D eigenvalue weighted by Crippen LogP contribution is 2.39. The smallest absolute Gasteiger partial charge is 0.269 e. The van der Waals surface area contributed by atoms with Gasteiger partial charge in [-0.15, -0.1) is 0 Å². The van der Waals surface area contributed by atoms with Gasteiger partial charge in [-0.1, -0.05) is 0 Å². The predicted octanol–water partition coefficient (Wildman–Crippen LogP) is 1.78. The Morgan fingerprint density at radius 3 is 2.46 bits per heavy atom. The Hall–Kier alpha value is -3.62. The van der Waals surface area contributed by atoms with E-state index in [0.29, 0.717) is 58.8 Å². The number of methoxy groups -OCH3 is 3. The van der Waals surface area contributed by atoms with E-state index in [9.17, 15) is 4.79 Å². The van der Waals surface area contributed by atoms with Gasteiger partial charge in [0.25, 0.3) is 5.91 Å². The van der Waals surface area contributed by atoms with Crippen molar-refractivity contribution < 1.29 is 19.0 Å². The molecule has 1 aromatic carbocycles. The summed E-state index contributed by atoms with van der Waals surface area (Å²) in [6.07, 6.45) is 1.65. The number of aromatic nitrogens is 4. The zero-order valence-corrected chi connectivity index (χ0v) is 15.7. The normalized spacial score (nSPS) is 12.9. The summed E-state index contributed by atoms with van der Waals surface area (Å²) in [5.41, 5.74) is 2.39. The summed E-state index contributed by atoms with van der Waals surface area (Å²) < 4.78 is 17.9. The minimum absolute atomic E-state index is 0.138. The Morgan fingerprint density at radius 1 is 1.00 bits per heavy atom. The van der Waals surface area contributed by atoms with E-state index >= 15 is 0 Å². The summed E-state index contributed by atoms with van der Waals surface area (Å²) in [4.78, 5) is 21.0. The van der Waals surface area contributed by atoms with Crippen LogP contribution in [-0.4, -0.2) is 53.5 Å². The first-order valence-electron chi connectivity index (χ1n) is 8.64. The van der Waals surface area contributed by atoms with Crippen LogP contribution in [0.15, 0.2) is 30.5 Å². The summed E-state index contributed by atoms with van der Waals surface area (Å²) in [6.45, 7) is 1.19. The van der Waals surface area contributed by atoms with Crippen molar-refractivity contribution in [2.75, 3.05) is 27.9 Å². The fraction of sp³-hybridized carbons (Fsp3) is 0.263. The maximum absolute atomic E-state index is 12.0. The first-order chi connectivity index (χ1) is 13.6. The number of carbonyl (C=O) groups is 1. The molecular formula is C19H19N5O4. The molecule has 1 aliphatic rings. The van der Waals surface area contributed by atoms with Gasteiger partial charge < -0.3 is 19.5 Å². The molecule has 4 rings (SSSR count). The van der Waals surface area contributed by atoms with Crippen molar-refractivity contribution in [3.63, 3.8) is 0 Å². The summed E-state index contributed by atoms with van der Waals surface area (Å²) >= 11 is 0. The van der Waals surface area contributed by atoms with Crippen LogP contribution in [0.3, 0.4) is 0 Å². The lowest BCUT2D eigenvalue weighted by Gasteiger charge is -2.13. The largest absolute Gasteiger partial charge is 0.496 e. The fourth-order valence-corrected chi connectivity index (χ4v) is 3.10. The maximum atomic E-state index is 12.0. The summed E-state index contributed by atoms with van der Waals surface area (Å²) in [7, 11) is 4.69. The molecule has 9 heteroatoms. The molecule has 0 saturated heterocycles. The standard InChI is InChI=1S/C19H19N5O4/c1-26-15-10-17(28-3)16(27-2)8-11(15)18-20-5-4-12(22-18)13-9-14-19(25)21-6-7-24(14)23-13/h4-5,8-10H,6-7H2,1-3H3,(H,21,25). The summed E-state index contributed by atoms with van der Waals surface area (Å²) in [5, 5.41) is 7.30. The van der Waals surface area contributed by atoms with Gasteiger partial charge in [0.2, 0.25) is 0 Å². The number of hydrogen-bond acceptors (Lipinski definition) is 7. The van der Waals surface area contributed by atoms with Crippen LogP contribution >= 0.6 is 0 Å². The number of carbonyl (C=O) groups excluding carboxylic acids is 1. The van der Waals surface area contributed by atoms with Crippen molar-refractivity contribution in [1.29, 1.82) is 0 Å². The molecule has 1 N–H and O–H groups in total. The highest BCUT2D eigenvalue weighted by atomic mass is 16.5. The minimum Gasteiger partial charge on any atom is -0.496 e. The Labute approximate surface area is 161 Å². The molecular weight excluding hydrogens is 362 g/mol. The van der Waals surface area contributed by atoms with Gasteiger partial charge in [0.05, 0.1) is 39.1 Å². The van der Waals surface area contributed by atoms with Gasteiger partial charge in [-0.25, -0.2) is 9.97 Å². The molecule has 0 atom stereocenters. The van der Waals surface area contributed by atoms with Gasteiger partial charge in [-0.05, 0) is 18.2 Å². The topological polar surface area (TPSA) is 100 Å². The van der Waals surface area contributed by atoms with Crippen LogP contribution in [0, 0.1) is 0 Å². The number of benzene rings is 1. The van der Waals surface area contributed by atoms with Crippen molar-refractivity contribution in [2.45, 2.75) is 6.54 Å². The molecule has 9 nitrogen and oxygen atoms in total. The zero-order valence-electron chi connectivity index (χ0n) is 15.7. The molecule has 0 aliphatic carbocycles. The molecule has 0 saturated carbocycles. The van der Waals surface area contributed by atoms with Crippen LogP contribution in [0.1, 0.15) is 10.5 Å². The molecule has 0 bridgehead atoms. The Bertz CT molecular complexity index is 1050. The van der Waals surface area contributed by atoms with Gasteiger partial charge in [0.15, 0.2) is 17.3 Å². The van der Waals surface area contributed by atoms with Crippen LogP contribution in [0.4, 0.5) is 0 Å². The van der Waals surface area contributed by atoms with Crippen molar-refractivity contribution >= 4 is 5.91 Å². The van der Waals surface area contributed by atoms with Gasteiger partial charge >= 0.3 is 0 Å². The van der Waals surface area contributed by atoms with Gasteiger partial charge in [-0.3, -0.25) is 9.48 Å². The average Bonchev–Trinajstić information content (AvgIpc) is 3.18. The maximum Gasteiger partial charge on any atom is 0.269 e. The second-order valence-corrected chi connectivity index (χ2v) is 6.07. The van der Waals surface area contributed by atoms with E-state index < -0.39 is 0 Å². The van der Waals surface area contributed by atoms with E-state index in [-0.39, 0.29) is 5.91 Å². The quantitative estimate of drug-likeness (QED) is 0.719. The van der Waals surface area contributed by atoms with Crippen molar-refractivity contribution in [3.8, 4) is 40.0 Å². The molecule has 1 amide bonds. The van der Waals surface area contributed by atoms with E-state index in [1.165, 1.54) is 0 Å². The van der Waals surface area contributed by atoms with Gasteiger partial charge in [0.1, 0.15) is 17.1 Å². The number of nitrogens with one attached hydrogen (secondary N) is 1. The van der Waals surface area contributed by atoms with Crippen molar-refractivity contribution in [1.82, 2.24) is 25.1 Å². The third-order valence-corrected chi connectivity index (χ3v) is 4.49. The summed E-state index contributed by atoms with van der Waals surface area (Å²) in [5.74, 6) is 1.96. The van der Waals surface area contributed by atoms with Crippen LogP contribution in [0.5, 0.6) is 17.2 Å². The van der Waals surface area contributed by atoms with E-state index in [4.69, 9.17) is 14.2 Å². The molecule has 0 radical (unpaired) electrons. The number of fused-ring (bicyclic) bond motifs is 1. The SMILES string of the molecule is COc1cc(OC)c(-c2nccc(-c3cc4n(n3)CCNC4=O)n2)cc1OC. The fourth-order valence-electron chi connectivity index (χ4n) is 3.10. The average molecular weight is 381 g/mol. The Kier molecular flexibility index (Phi) is 4.56. The molecule has 3 heterocycles. The predicted molar refractivity (Wildman–Crippen MR) is 101 cm³/mol. The monoisotopic (exact) mass is 381 g/mol. The first-order valence-corrected chi connectivity index (χ1v) is 8.64. The van der Waals surface area contributed by atoms with Crippen molar-refractivity contribution in [2.24, 2.45) is 0 Å². The molecule has 0 spiro atoms. The summed E-state index contributed by atoms with van der Waals surface area (Å²) in [6, 6.07) is 6.97. The number of nitrogens with zero attached hydrogens (tertiary/aromatic N) is 4. The van der Waals surface area contributed by atoms with Crippen LogP contribution in [0.25, 0.3) is 22.8 Å². The third-order valence-electron chi connectivity index (χ3n) is 4.49. The lowest BCUT2D eigenvalue weighted by atomic mass is 10.1. The molecule has 1 aliphatic heterocycles. The second kappa shape index (κ2) is 7.18. The third kappa shape index (κ3) is 3.00. The second-order valence-electron chi connectivity index (χ2n) is 6.07. The van der Waals surface area contributed by atoms with Gasteiger partial charge in [0, 0.05) is 18.8 Å². The van der Waals surface area contributed by atoms with Crippen LogP contribution < -0.4 is 19.5 Å². The van der Waals surface area contributed by atoms with Crippen molar-refractivity contribution in [3.05, 3.63) is 36.2 Å². The van der Waals surface area contributed by atoms with E-state index in [1.807, 2.05) is 0 Å². The zero-order chi connectivity index (χ0) is 19.7. The molecule has 2 aromatic heterocycles. The molecule has 144 valence electrons. The van der Waals surface area contributed by atoms with Crippen LogP contribution in [0.2, 0.25) is 0 Å². The lowest BCUT2D eigenvalue weighted by molar-refractivity contribution is 0.0924. The number of ether oxygens (including phenoxy) is 3. The van der Waals surface area contributed by atoms with E-state index in [1.54, 1.807) is 56.5 Å². The number of hydrogen-bond donors (Lipinski definition) is 1. The number of amides is 1. The molecule has 3 aromatic rings. The highest BCUT2D eigenvalue weighted by molar-refractivity contribution is 5.94. The van der Waals surface area contributed by atoms with Gasteiger partial charge in [-0.2, -0.15) is 5.10 Å². The molecule has 0 fully saturated rings. The first kappa shape index (κ1) is 17.8. The molecule has 0 unspecified atom stereocenters. The Morgan fingerprint density at radius 2 is 1.75 bits per heavy atom. The molecule has 28 heavy (non-hydrogen) atoms. The Balaban J connectivity index is 1.79.